The molecule has 122 valence electrons. The van der Waals surface area contributed by atoms with Crippen molar-refractivity contribution < 1.29 is 9.90 Å². The van der Waals surface area contributed by atoms with Crippen LogP contribution >= 0.6 is 0 Å². The molecule has 0 amide bonds. The first-order valence-corrected chi connectivity index (χ1v) is 8.62. The van der Waals surface area contributed by atoms with Gasteiger partial charge in [0.25, 0.3) is 0 Å². The Bertz CT molecular complexity index is 794. The fourth-order valence-electron chi connectivity index (χ4n) is 4.04. The zero-order chi connectivity index (χ0) is 16.5. The van der Waals surface area contributed by atoms with E-state index >= 15 is 0 Å². The molecule has 0 fully saturated rings. The van der Waals surface area contributed by atoms with Crippen LogP contribution in [0.25, 0.3) is 0 Å². The second-order valence-electron chi connectivity index (χ2n) is 6.61. The van der Waals surface area contributed by atoms with Crippen molar-refractivity contribution in [3.05, 3.63) is 77.0 Å². The predicted octanol–water partition coefficient (Wildman–Crippen LogP) is 5.16. The summed E-state index contributed by atoms with van der Waals surface area (Å²) in [5, 5.41) is 9.34. The summed E-state index contributed by atoms with van der Waals surface area (Å²) in [7, 11) is 0. The second kappa shape index (κ2) is 6.16. The second-order valence-corrected chi connectivity index (χ2v) is 6.61. The van der Waals surface area contributed by atoms with E-state index in [0.29, 0.717) is 5.56 Å². The van der Waals surface area contributed by atoms with Gasteiger partial charge in [-0.3, -0.25) is 0 Å². The Hall–Kier alpha value is -2.55. The van der Waals surface area contributed by atoms with Crippen LogP contribution in [0.3, 0.4) is 0 Å². The van der Waals surface area contributed by atoms with E-state index < -0.39 is 5.97 Å². The summed E-state index contributed by atoms with van der Waals surface area (Å²) in [5.41, 5.74) is 5.61. The molecule has 0 saturated heterocycles. The molecule has 1 atom stereocenters. The molecule has 0 saturated carbocycles. The highest BCUT2D eigenvalue weighted by Gasteiger charge is 2.34. The summed E-state index contributed by atoms with van der Waals surface area (Å²) in [6.07, 6.45) is 5.80. The van der Waals surface area contributed by atoms with Gasteiger partial charge in [0, 0.05) is 11.4 Å². The summed E-state index contributed by atoms with van der Waals surface area (Å²) in [4.78, 5) is 13.8. The molecule has 3 heteroatoms. The van der Waals surface area contributed by atoms with E-state index in [0.717, 1.165) is 18.5 Å². The van der Waals surface area contributed by atoms with Crippen LogP contribution in [0, 0.1) is 0 Å². The minimum atomic E-state index is -0.870. The van der Waals surface area contributed by atoms with Crippen molar-refractivity contribution in [1.29, 1.82) is 0 Å². The van der Waals surface area contributed by atoms with E-state index in [1.165, 1.54) is 30.5 Å². The van der Waals surface area contributed by atoms with Gasteiger partial charge in [0.05, 0.1) is 11.6 Å². The lowest BCUT2D eigenvalue weighted by Crippen LogP contribution is -2.24. The monoisotopic (exact) mass is 319 g/mol. The Morgan fingerprint density at radius 2 is 1.79 bits per heavy atom. The van der Waals surface area contributed by atoms with E-state index in [2.05, 4.69) is 29.2 Å². The SMILES string of the molecule is O=C(O)c1cccc(N2C3=C(CCCC3)CC2c2ccccc2)c1. The molecule has 0 spiro atoms. The fourth-order valence-corrected chi connectivity index (χ4v) is 4.04. The number of carboxylic acids is 1. The lowest BCUT2D eigenvalue weighted by Gasteiger charge is -2.31. The number of hydrogen-bond acceptors (Lipinski definition) is 2. The molecule has 0 bridgehead atoms. The van der Waals surface area contributed by atoms with Crippen LogP contribution in [0.5, 0.6) is 0 Å². The number of hydrogen-bond donors (Lipinski definition) is 1. The van der Waals surface area contributed by atoms with Gasteiger partial charge in [-0.1, -0.05) is 36.4 Å². The summed E-state index contributed by atoms with van der Waals surface area (Å²) in [5.74, 6) is -0.870. The third-order valence-corrected chi connectivity index (χ3v) is 5.15. The van der Waals surface area contributed by atoms with Crippen LogP contribution in [0.2, 0.25) is 0 Å². The number of benzene rings is 2. The van der Waals surface area contributed by atoms with Gasteiger partial charge >= 0.3 is 5.97 Å². The van der Waals surface area contributed by atoms with Crippen LogP contribution in [-0.2, 0) is 0 Å². The number of nitrogens with zero attached hydrogens (tertiary/aromatic N) is 1. The van der Waals surface area contributed by atoms with Gasteiger partial charge in [0.1, 0.15) is 0 Å². The van der Waals surface area contributed by atoms with Crippen molar-refractivity contribution >= 4 is 11.7 Å². The Kier molecular flexibility index (Phi) is 3.85. The first kappa shape index (κ1) is 15.0. The molecular weight excluding hydrogens is 298 g/mol. The molecule has 0 aromatic heterocycles. The lowest BCUT2D eigenvalue weighted by atomic mass is 9.94. The van der Waals surface area contributed by atoms with Crippen LogP contribution in [-0.4, -0.2) is 11.1 Å². The summed E-state index contributed by atoms with van der Waals surface area (Å²) in [6, 6.07) is 18.2. The average Bonchev–Trinajstić information content (AvgIpc) is 3.02. The number of carboxylic acid groups (broad SMARTS) is 1. The van der Waals surface area contributed by atoms with Crippen LogP contribution < -0.4 is 4.90 Å². The number of carbonyl (C=O) groups is 1. The van der Waals surface area contributed by atoms with Crippen LogP contribution in [0.1, 0.15) is 54.1 Å². The molecule has 1 heterocycles. The minimum absolute atomic E-state index is 0.276. The zero-order valence-electron chi connectivity index (χ0n) is 13.6. The largest absolute Gasteiger partial charge is 0.478 e. The maximum atomic E-state index is 11.4. The first-order chi connectivity index (χ1) is 11.7. The summed E-state index contributed by atoms with van der Waals surface area (Å²) < 4.78 is 0. The Balaban J connectivity index is 1.79. The normalized spacial score (nSPS) is 20.2. The number of anilines is 1. The third-order valence-electron chi connectivity index (χ3n) is 5.15. The lowest BCUT2D eigenvalue weighted by molar-refractivity contribution is 0.0697. The Morgan fingerprint density at radius 3 is 2.58 bits per heavy atom. The molecule has 3 nitrogen and oxygen atoms in total. The van der Waals surface area contributed by atoms with Gasteiger partial charge in [-0.25, -0.2) is 4.79 Å². The maximum absolute atomic E-state index is 11.4. The molecule has 24 heavy (non-hydrogen) atoms. The van der Waals surface area contributed by atoms with Crippen molar-refractivity contribution in [2.45, 2.75) is 38.1 Å². The van der Waals surface area contributed by atoms with E-state index in [9.17, 15) is 9.90 Å². The minimum Gasteiger partial charge on any atom is -0.478 e. The topological polar surface area (TPSA) is 40.5 Å². The maximum Gasteiger partial charge on any atom is 0.335 e. The quantitative estimate of drug-likeness (QED) is 0.849. The summed E-state index contributed by atoms with van der Waals surface area (Å²) in [6.45, 7) is 0. The smallest absolute Gasteiger partial charge is 0.335 e. The number of allylic oxidation sites excluding steroid dienone is 1. The number of aromatic carboxylic acids is 1. The standard InChI is InChI=1S/C21H21NO2/c23-21(24)17-10-6-11-18(13-17)22-19-12-5-4-9-16(19)14-20(22)15-7-2-1-3-8-15/h1-3,6-8,10-11,13,20H,4-5,9,12,14H2,(H,23,24). The first-order valence-electron chi connectivity index (χ1n) is 8.62. The number of rotatable bonds is 3. The van der Waals surface area contributed by atoms with Gasteiger partial charge in [-0.2, -0.15) is 0 Å². The van der Waals surface area contributed by atoms with E-state index in [1.807, 2.05) is 24.3 Å². The van der Waals surface area contributed by atoms with Crippen molar-refractivity contribution in [3.63, 3.8) is 0 Å². The van der Waals surface area contributed by atoms with Crippen molar-refractivity contribution in [1.82, 2.24) is 0 Å². The molecule has 2 aromatic carbocycles. The highest BCUT2D eigenvalue weighted by molar-refractivity contribution is 5.89. The van der Waals surface area contributed by atoms with Crippen molar-refractivity contribution in [3.8, 4) is 0 Å². The van der Waals surface area contributed by atoms with E-state index in [4.69, 9.17) is 0 Å². The molecule has 4 rings (SSSR count). The van der Waals surface area contributed by atoms with E-state index in [-0.39, 0.29) is 6.04 Å². The van der Waals surface area contributed by atoms with Gasteiger partial charge in [-0.05, 0) is 61.4 Å². The highest BCUT2D eigenvalue weighted by atomic mass is 16.4. The molecule has 1 N–H and O–H groups in total. The van der Waals surface area contributed by atoms with Crippen LogP contribution in [0.15, 0.2) is 65.9 Å². The molecule has 0 radical (unpaired) electrons. The van der Waals surface area contributed by atoms with Crippen molar-refractivity contribution in [2.24, 2.45) is 0 Å². The Morgan fingerprint density at radius 1 is 1.00 bits per heavy atom. The molecule has 1 unspecified atom stereocenters. The fraction of sp³-hybridized carbons (Fsp3) is 0.286. The molecule has 1 aliphatic carbocycles. The molecule has 2 aromatic rings. The summed E-state index contributed by atoms with van der Waals surface area (Å²) >= 11 is 0. The van der Waals surface area contributed by atoms with Gasteiger partial charge in [0.15, 0.2) is 0 Å². The predicted molar refractivity (Wildman–Crippen MR) is 95.2 cm³/mol. The molecule has 1 aliphatic heterocycles. The zero-order valence-corrected chi connectivity index (χ0v) is 13.6. The van der Waals surface area contributed by atoms with Crippen LogP contribution in [0.4, 0.5) is 5.69 Å². The highest BCUT2D eigenvalue weighted by Crippen LogP contribution is 2.47. The van der Waals surface area contributed by atoms with Gasteiger partial charge in [-0.15, -0.1) is 0 Å². The molecular formula is C21H21NO2. The third kappa shape index (κ3) is 2.60. The Labute approximate surface area is 142 Å². The van der Waals surface area contributed by atoms with Crippen molar-refractivity contribution in [2.75, 3.05) is 4.90 Å². The molecule has 2 aliphatic rings. The van der Waals surface area contributed by atoms with Gasteiger partial charge in [0.2, 0.25) is 0 Å². The van der Waals surface area contributed by atoms with E-state index in [1.54, 1.807) is 11.6 Å². The average molecular weight is 319 g/mol. The van der Waals surface area contributed by atoms with Gasteiger partial charge < -0.3 is 10.0 Å².